The number of ether oxygens (including phenoxy) is 2. The minimum atomic E-state index is -0.449. The topological polar surface area (TPSA) is 42.2 Å². The Morgan fingerprint density at radius 2 is 2.00 bits per heavy atom. The highest BCUT2D eigenvalue weighted by Gasteiger charge is 2.41. The predicted octanol–water partition coefficient (Wildman–Crippen LogP) is 3.47. The zero-order chi connectivity index (χ0) is 13.2. The Kier molecular flexibility index (Phi) is 3.44. The maximum Gasteiger partial charge on any atom is 0.169 e. The smallest absolute Gasteiger partial charge is 0.169 e. The Balaban J connectivity index is 1.68. The number of benzene rings is 1. The van der Waals surface area contributed by atoms with Gasteiger partial charge >= 0.3 is 0 Å². The van der Waals surface area contributed by atoms with Gasteiger partial charge in [-0.2, -0.15) is 5.26 Å². The molecule has 4 atom stereocenters. The predicted molar refractivity (Wildman–Crippen MR) is 71.7 cm³/mol. The van der Waals surface area contributed by atoms with Crippen molar-refractivity contribution >= 4 is 0 Å². The van der Waals surface area contributed by atoms with E-state index < -0.39 is 6.10 Å². The number of methoxy groups -OCH3 is 1. The number of nitrogens with zero attached hydrogens (tertiary/aromatic N) is 1. The molecule has 2 fully saturated rings. The van der Waals surface area contributed by atoms with Gasteiger partial charge < -0.3 is 9.47 Å². The van der Waals surface area contributed by atoms with E-state index in [1.807, 2.05) is 24.3 Å². The lowest BCUT2D eigenvalue weighted by Gasteiger charge is -2.24. The van der Waals surface area contributed by atoms with Crippen LogP contribution in [-0.2, 0) is 4.74 Å². The van der Waals surface area contributed by atoms with Crippen LogP contribution in [0.2, 0.25) is 0 Å². The zero-order valence-electron chi connectivity index (χ0n) is 11.2. The summed E-state index contributed by atoms with van der Waals surface area (Å²) < 4.78 is 11.2. The molecule has 2 bridgehead atoms. The van der Waals surface area contributed by atoms with Crippen molar-refractivity contribution in [2.75, 3.05) is 7.11 Å². The van der Waals surface area contributed by atoms with Gasteiger partial charge in [-0.3, -0.25) is 0 Å². The summed E-state index contributed by atoms with van der Waals surface area (Å²) in [6.45, 7) is 0. The maximum absolute atomic E-state index is 9.33. The molecule has 0 saturated heterocycles. The van der Waals surface area contributed by atoms with Crippen LogP contribution in [0.1, 0.15) is 37.4 Å². The Hall–Kier alpha value is -1.53. The largest absolute Gasteiger partial charge is 0.497 e. The molecule has 19 heavy (non-hydrogen) atoms. The summed E-state index contributed by atoms with van der Waals surface area (Å²) in [5, 5.41) is 9.33. The van der Waals surface area contributed by atoms with E-state index in [-0.39, 0.29) is 6.10 Å². The molecule has 2 aliphatic carbocycles. The molecule has 0 aliphatic heterocycles. The van der Waals surface area contributed by atoms with E-state index in [4.69, 9.17) is 9.47 Å². The molecule has 2 saturated carbocycles. The maximum atomic E-state index is 9.33. The van der Waals surface area contributed by atoms with Crippen LogP contribution in [0.4, 0.5) is 0 Å². The number of hydrogen-bond donors (Lipinski definition) is 0. The van der Waals surface area contributed by atoms with Gasteiger partial charge in [-0.25, -0.2) is 0 Å². The second kappa shape index (κ2) is 5.22. The quantitative estimate of drug-likeness (QED) is 0.829. The SMILES string of the molecule is COc1ccc(C(C#N)OC2CC3CCC2C3)cc1. The summed E-state index contributed by atoms with van der Waals surface area (Å²) in [7, 11) is 1.64. The molecular weight excluding hydrogens is 238 g/mol. The highest BCUT2D eigenvalue weighted by molar-refractivity contribution is 5.30. The van der Waals surface area contributed by atoms with E-state index in [9.17, 15) is 5.26 Å². The highest BCUT2D eigenvalue weighted by atomic mass is 16.5. The second-order valence-corrected chi connectivity index (χ2v) is 5.63. The lowest BCUT2D eigenvalue weighted by molar-refractivity contribution is -0.0155. The van der Waals surface area contributed by atoms with Gasteiger partial charge in [-0.05, 0) is 55.2 Å². The molecule has 0 spiro atoms. The van der Waals surface area contributed by atoms with Crippen LogP contribution in [0.15, 0.2) is 24.3 Å². The van der Waals surface area contributed by atoms with Crippen LogP contribution >= 0.6 is 0 Å². The van der Waals surface area contributed by atoms with Gasteiger partial charge in [0.1, 0.15) is 5.75 Å². The standard InChI is InChI=1S/C16H19NO2/c1-18-14-6-4-12(5-7-14)16(10-17)19-15-9-11-2-3-13(15)8-11/h4-7,11,13,15-16H,2-3,8-9H2,1H3. The van der Waals surface area contributed by atoms with E-state index in [0.29, 0.717) is 5.92 Å². The molecule has 3 heteroatoms. The summed E-state index contributed by atoms with van der Waals surface area (Å²) in [6.07, 6.45) is 4.89. The molecule has 3 nitrogen and oxygen atoms in total. The first-order valence-corrected chi connectivity index (χ1v) is 6.99. The number of rotatable bonds is 4. The van der Waals surface area contributed by atoms with Gasteiger partial charge in [0.05, 0.1) is 19.3 Å². The number of fused-ring (bicyclic) bond motifs is 2. The molecule has 0 N–H and O–H groups in total. The van der Waals surface area contributed by atoms with Crippen molar-refractivity contribution in [3.63, 3.8) is 0 Å². The van der Waals surface area contributed by atoms with Crippen molar-refractivity contribution in [1.29, 1.82) is 5.26 Å². The molecule has 4 unspecified atom stereocenters. The fourth-order valence-corrected chi connectivity index (χ4v) is 3.49. The first-order valence-electron chi connectivity index (χ1n) is 6.99. The minimum absolute atomic E-state index is 0.283. The fraction of sp³-hybridized carbons (Fsp3) is 0.562. The zero-order valence-corrected chi connectivity index (χ0v) is 11.2. The van der Waals surface area contributed by atoms with E-state index >= 15 is 0 Å². The van der Waals surface area contributed by atoms with Crippen LogP contribution in [-0.4, -0.2) is 13.2 Å². The Labute approximate surface area is 114 Å². The lowest BCUT2D eigenvalue weighted by Crippen LogP contribution is -2.22. The molecule has 0 heterocycles. The molecule has 2 aliphatic rings. The third-order valence-electron chi connectivity index (χ3n) is 4.52. The van der Waals surface area contributed by atoms with Gasteiger partial charge in [0.25, 0.3) is 0 Å². The monoisotopic (exact) mass is 257 g/mol. The van der Waals surface area contributed by atoms with Crippen molar-refractivity contribution in [2.45, 2.75) is 37.9 Å². The molecule has 0 aromatic heterocycles. The van der Waals surface area contributed by atoms with Crippen molar-refractivity contribution in [2.24, 2.45) is 11.8 Å². The summed E-state index contributed by atoms with van der Waals surface area (Å²) in [5.74, 6) is 2.32. The van der Waals surface area contributed by atoms with Crippen molar-refractivity contribution in [3.8, 4) is 11.8 Å². The van der Waals surface area contributed by atoms with Crippen molar-refractivity contribution in [3.05, 3.63) is 29.8 Å². The number of nitriles is 1. The van der Waals surface area contributed by atoms with Crippen LogP contribution in [0, 0.1) is 23.2 Å². The van der Waals surface area contributed by atoms with Gasteiger partial charge in [0, 0.05) is 0 Å². The van der Waals surface area contributed by atoms with Crippen LogP contribution in [0.3, 0.4) is 0 Å². The lowest BCUT2D eigenvalue weighted by atomic mass is 9.97. The van der Waals surface area contributed by atoms with Crippen LogP contribution in [0.5, 0.6) is 5.75 Å². The van der Waals surface area contributed by atoms with Gasteiger partial charge in [-0.1, -0.05) is 12.1 Å². The summed E-state index contributed by atoms with van der Waals surface area (Å²) >= 11 is 0. The van der Waals surface area contributed by atoms with Crippen molar-refractivity contribution < 1.29 is 9.47 Å². The first-order chi connectivity index (χ1) is 9.30. The van der Waals surface area contributed by atoms with E-state index in [1.165, 1.54) is 19.3 Å². The average molecular weight is 257 g/mol. The van der Waals surface area contributed by atoms with Gasteiger partial charge in [-0.15, -0.1) is 0 Å². The van der Waals surface area contributed by atoms with Gasteiger partial charge in [0.15, 0.2) is 6.10 Å². The van der Waals surface area contributed by atoms with Gasteiger partial charge in [0.2, 0.25) is 0 Å². The Morgan fingerprint density at radius 1 is 1.21 bits per heavy atom. The van der Waals surface area contributed by atoms with E-state index in [2.05, 4.69) is 6.07 Å². The highest BCUT2D eigenvalue weighted by Crippen LogP contribution is 2.47. The second-order valence-electron chi connectivity index (χ2n) is 5.63. The third kappa shape index (κ3) is 2.46. The average Bonchev–Trinajstić information content (AvgIpc) is 3.07. The normalized spacial score (nSPS) is 30.0. The molecule has 0 amide bonds. The Morgan fingerprint density at radius 3 is 2.53 bits per heavy atom. The number of hydrogen-bond acceptors (Lipinski definition) is 3. The Bertz CT molecular complexity index is 477. The first kappa shape index (κ1) is 12.5. The van der Waals surface area contributed by atoms with Crippen LogP contribution in [0.25, 0.3) is 0 Å². The molecule has 1 aromatic carbocycles. The van der Waals surface area contributed by atoms with Crippen molar-refractivity contribution in [1.82, 2.24) is 0 Å². The van der Waals surface area contributed by atoms with Crippen LogP contribution < -0.4 is 4.74 Å². The molecule has 100 valence electrons. The summed E-state index contributed by atoms with van der Waals surface area (Å²) in [4.78, 5) is 0. The molecular formula is C16H19NO2. The molecule has 1 aromatic rings. The fourth-order valence-electron chi connectivity index (χ4n) is 3.49. The third-order valence-corrected chi connectivity index (χ3v) is 4.52. The minimum Gasteiger partial charge on any atom is -0.497 e. The molecule has 0 radical (unpaired) electrons. The molecule has 3 rings (SSSR count). The summed E-state index contributed by atoms with van der Waals surface area (Å²) in [5.41, 5.74) is 0.922. The van der Waals surface area contributed by atoms with E-state index in [1.54, 1.807) is 7.11 Å². The summed E-state index contributed by atoms with van der Waals surface area (Å²) in [6, 6.07) is 9.87. The van der Waals surface area contributed by atoms with E-state index in [0.717, 1.165) is 23.7 Å².